The molecule has 240 valence electrons. The van der Waals surface area contributed by atoms with Gasteiger partial charge in [0.2, 0.25) is 5.83 Å². The lowest BCUT2D eigenvalue weighted by atomic mass is 9.88. The van der Waals surface area contributed by atoms with Crippen LogP contribution in [0, 0.1) is 0 Å². The molecule has 0 aromatic heterocycles. The molecule has 0 heterocycles. The van der Waals surface area contributed by atoms with Gasteiger partial charge in [-0.2, -0.15) is 83.4 Å². The molecule has 1 rings (SSSR count). The van der Waals surface area contributed by atoms with E-state index in [1.807, 2.05) is 0 Å². The molecule has 42 heavy (non-hydrogen) atoms. The van der Waals surface area contributed by atoms with Crippen molar-refractivity contribution in [1.29, 1.82) is 0 Å². The molecule has 0 amide bonds. The second kappa shape index (κ2) is 10.3. The Bertz CT molecular complexity index is 1260. The van der Waals surface area contributed by atoms with Crippen molar-refractivity contribution < 1.29 is 108 Å². The monoisotopic (exact) mass is 662 g/mol. The van der Waals surface area contributed by atoms with Crippen molar-refractivity contribution in [3.63, 3.8) is 0 Å². The lowest BCUT2D eigenvalue weighted by Gasteiger charge is -2.42. The number of carbonyl (C=O) groups is 2. The van der Waals surface area contributed by atoms with Crippen molar-refractivity contribution in [2.75, 3.05) is 0 Å². The third-order valence-corrected chi connectivity index (χ3v) is 4.83. The number of ether oxygens (including phenoxy) is 1. The van der Waals surface area contributed by atoms with Crippen molar-refractivity contribution >= 4 is 11.9 Å². The minimum Gasteiger partial charge on any atom is -0.478 e. The van der Waals surface area contributed by atoms with Crippen LogP contribution in [-0.4, -0.2) is 69.8 Å². The molecule has 0 aliphatic rings. The molecule has 0 aliphatic carbocycles. The fourth-order valence-electron chi connectivity index (χ4n) is 2.52. The summed E-state index contributed by atoms with van der Waals surface area (Å²) < 4.78 is 256. The number of rotatable bonds is 11. The molecular weight excluding hydrogens is 657 g/mol. The Morgan fingerprint density at radius 2 is 0.905 bits per heavy atom. The molecule has 0 saturated carbocycles. The van der Waals surface area contributed by atoms with Crippen molar-refractivity contribution in [3.05, 3.63) is 41.2 Å². The highest BCUT2D eigenvalue weighted by Gasteiger charge is 2.95. The van der Waals surface area contributed by atoms with Crippen LogP contribution in [0.4, 0.5) is 83.4 Å². The third-order valence-electron chi connectivity index (χ3n) is 4.83. The normalized spacial score (nSPS) is 15.3. The summed E-state index contributed by atoms with van der Waals surface area (Å²) in [6.07, 6.45) is -7.98. The van der Waals surface area contributed by atoms with Crippen LogP contribution in [0.15, 0.2) is 30.0 Å². The summed E-state index contributed by atoms with van der Waals surface area (Å²) in [5, 5.41) is 17.6. The van der Waals surface area contributed by atoms with Crippen LogP contribution in [0.5, 0.6) is 5.75 Å². The molecule has 5 nitrogen and oxygen atoms in total. The van der Waals surface area contributed by atoms with E-state index in [-0.39, 0.29) is 18.2 Å². The Hall–Kier alpha value is -3.63. The molecule has 0 unspecified atom stereocenters. The standard InChI is InChI=1S/C18H5F19O5/c19-7(8(20)42-4-1-2-5(9(38)39)6(3-4)10(40)41)11(21,22)12(23,24)13(25,26)14(27,28)15(29,30)16(31,32)17(33,34)18(35,36)37/h1-3H,(H,38,39)(H,40,41). The molecule has 1 aromatic carbocycles. The van der Waals surface area contributed by atoms with Crippen LogP contribution in [0.3, 0.4) is 0 Å². The Kier molecular flexibility index (Phi) is 8.90. The number of carboxylic acid groups (broad SMARTS) is 2. The number of alkyl halides is 17. The fourth-order valence-corrected chi connectivity index (χ4v) is 2.52. The lowest BCUT2D eigenvalue weighted by molar-refractivity contribution is -0.460. The minimum absolute atomic E-state index is 0.0608. The second-order valence-electron chi connectivity index (χ2n) is 7.53. The highest BCUT2D eigenvalue weighted by molar-refractivity contribution is 6.02. The average molecular weight is 662 g/mol. The maximum Gasteiger partial charge on any atom is 0.460 e. The zero-order valence-corrected chi connectivity index (χ0v) is 18.5. The molecule has 1 aromatic rings. The Balaban J connectivity index is 3.71. The molecule has 0 spiro atoms. The van der Waals surface area contributed by atoms with Crippen molar-refractivity contribution in [2.24, 2.45) is 0 Å². The topological polar surface area (TPSA) is 83.8 Å². The highest BCUT2D eigenvalue weighted by Crippen LogP contribution is 2.64. The van der Waals surface area contributed by atoms with Crippen LogP contribution in [0.25, 0.3) is 0 Å². The van der Waals surface area contributed by atoms with E-state index in [0.29, 0.717) is 0 Å². The number of allylic oxidation sites excluding steroid dienone is 1. The maximum atomic E-state index is 13.8. The Morgan fingerprint density at radius 3 is 1.26 bits per heavy atom. The number of hydrogen-bond acceptors (Lipinski definition) is 3. The van der Waals surface area contributed by atoms with Crippen LogP contribution < -0.4 is 4.74 Å². The van der Waals surface area contributed by atoms with Gasteiger partial charge in [0.25, 0.3) is 0 Å². The van der Waals surface area contributed by atoms with Gasteiger partial charge in [-0.3, -0.25) is 0 Å². The Labute approximate surface area is 215 Å². The number of benzene rings is 1. The zero-order chi connectivity index (χ0) is 33.9. The molecule has 0 radical (unpaired) electrons. The minimum atomic E-state index is -9.04. The van der Waals surface area contributed by atoms with Crippen molar-refractivity contribution in [1.82, 2.24) is 0 Å². The summed E-state index contributed by atoms with van der Waals surface area (Å²) in [5.41, 5.74) is -2.62. The van der Waals surface area contributed by atoms with Gasteiger partial charge < -0.3 is 14.9 Å². The Morgan fingerprint density at radius 1 is 0.548 bits per heavy atom. The van der Waals surface area contributed by atoms with Crippen LogP contribution >= 0.6 is 0 Å². The van der Waals surface area contributed by atoms with E-state index in [1.54, 1.807) is 0 Å². The van der Waals surface area contributed by atoms with Gasteiger partial charge in [-0.1, -0.05) is 0 Å². The second-order valence-corrected chi connectivity index (χ2v) is 7.53. The van der Waals surface area contributed by atoms with Crippen molar-refractivity contribution in [3.8, 4) is 5.75 Å². The largest absolute Gasteiger partial charge is 0.478 e. The first-order chi connectivity index (χ1) is 18.3. The van der Waals surface area contributed by atoms with Crippen LogP contribution in [0.1, 0.15) is 20.7 Å². The summed E-state index contributed by atoms with van der Waals surface area (Å²) in [6.45, 7) is 0. The summed E-state index contributed by atoms with van der Waals surface area (Å²) in [7, 11) is 0. The molecule has 0 saturated heterocycles. The molecule has 24 heteroatoms. The average Bonchev–Trinajstić information content (AvgIpc) is 2.81. The lowest BCUT2D eigenvalue weighted by Crippen LogP contribution is -2.74. The maximum absolute atomic E-state index is 13.8. The van der Waals surface area contributed by atoms with E-state index in [0.717, 1.165) is 0 Å². The molecule has 0 aliphatic heterocycles. The molecule has 0 atom stereocenters. The van der Waals surface area contributed by atoms with Crippen LogP contribution in [0.2, 0.25) is 0 Å². The smallest absolute Gasteiger partial charge is 0.460 e. The molecule has 0 bridgehead atoms. The fraction of sp³-hybridized carbons (Fsp3) is 0.444. The third kappa shape index (κ3) is 5.11. The predicted octanol–water partition coefficient (Wildman–Crippen LogP) is 7.58. The summed E-state index contributed by atoms with van der Waals surface area (Å²) in [5.74, 6) is -71.3. The zero-order valence-electron chi connectivity index (χ0n) is 18.5. The van der Waals surface area contributed by atoms with Gasteiger partial charge in [0.1, 0.15) is 5.75 Å². The highest BCUT2D eigenvalue weighted by atomic mass is 19.4. The van der Waals surface area contributed by atoms with Gasteiger partial charge in [-0.05, 0) is 18.2 Å². The van der Waals surface area contributed by atoms with E-state index in [2.05, 4.69) is 4.74 Å². The predicted molar refractivity (Wildman–Crippen MR) is 90.9 cm³/mol. The van der Waals surface area contributed by atoms with E-state index in [9.17, 15) is 93.0 Å². The van der Waals surface area contributed by atoms with Gasteiger partial charge in [-0.15, -0.1) is 0 Å². The summed E-state index contributed by atoms with van der Waals surface area (Å²) in [6, 6.07) is -3.86. The van der Waals surface area contributed by atoms with Gasteiger partial charge in [0.15, 0.2) is 0 Å². The first-order valence-corrected chi connectivity index (χ1v) is 9.34. The number of aromatic carboxylic acids is 2. The van der Waals surface area contributed by atoms with Crippen molar-refractivity contribution in [2.45, 2.75) is 47.6 Å². The van der Waals surface area contributed by atoms with E-state index >= 15 is 0 Å². The van der Waals surface area contributed by atoms with Gasteiger partial charge in [0.05, 0.1) is 11.1 Å². The molecular formula is C18H5F19O5. The number of carboxylic acids is 2. The summed E-state index contributed by atoms with van der Waals surface area (Å²) in [4.78, 5) is 21.8. The van der Waals surface area contributed by atoms with E-state index in [1.165, 1.54) is 0 Å². The van der Waals surface area contributed by atoms with E-state index in [4.69, 9.17) is 10.2 Å². The SMILES string of the molecule is O=C(O)c1ccc(OC(F)=C(F)C(F)(F)C(F)(F)C(F)(F)C(F)(F)C(F)(F)C(F)(F)C(F)(F)C(F)(F)F)cc1C(=O)O. The van der Waals surface area contributed by atoms with Gasteiger partial charge in [0, 0.05) is 0 Å². The quantitative estimate of drug-likeness (QED) is 0.189. The number of halogens is 19. The molecule has 0 fully saturated rings. The van der Waals surface area contributed by atoms with Gasteiger partial charge >= 0.3 is 65.6 Å². The van der Waals surface area contributed by atoms with Gasteiger partial charge in [-0.25, -0.2) is 9.59 Å². The first-order valence-electron chi connectivity index (χ1n) is 9.34. The molecule has 2 N–H and O–H groups in total. The first kappa shape index (κ1) is 36.4. The summed E-state index contributed by atoms with van der Waals surface area (Å²) >= 11 is 0. The number of hydrogen-bond donors (Lipinski definition) is 2. The van der Waals surface area contributed by atoms with E-state index < -0.39 is 88.3 Å². The van der Waals surface area contributed by atoms with Crippen LogP contribution in [-0.2, 0) is 0 Å².